The van der Waals surface area contributed by atoms with Crippen molar-refractivity contribution in [2.24, 2.45) is 0 Å². The second-order valence-electron chi connectivity index (χ2n) is 6.17. The van der Waals surface area contributed by atoms with Crippen LogP contribution in [0.25, 0.3) is 0 Å². The minimum Gasteiger partial charge on any atom is -0.351 e. The number of pyridine rings is 1. The molecule has 4 rings (SSSR count). The van der Waals surface area contributed by atoms with Crippen molar-refractivity contribution < 1.29 is 0 Å². The number of rotatable bonds is 4. The largest absolute Gasteiger partial charge is 0.351 e. The Labute approximate surface area is 131 Å². The average Bonchev–Trinajstić information content (AvgIpc) is 3.16. The lowest BCUT2D eigenvalue weighted by atomic mass is 10.2. The summed E-state index contributed by atoms with van der Waals surface area (Å²) < 4.78 is 0. The molecule has 2 aliphatic rings. The number of fused-ring (bicyclic) bond motifs is 2. The first kappa shape index (κ1) is 13.6. The number of likely N-dealkylation sites (tertiary alicyclic amines) is 1. The molecular weight excluding hydrogens is 274 g/mol. The predicted molar refractivity (Wildman–Crippen MR) is 85.6 cm³/mol. The molecule has 5 nitrogen and oxygen atoms in total. The monoisotopic (exact) mass is 295 g/mol. The van der Waals surface area contributed by atoms with Gasteiger partial charge in [-0.15, -0.1) is 0 Å². The molecule has 2 atom stereocenters. The van der Waals surface area contributed by atoms with Crippen molar-refractivity contribution in [3.05, 3.63) is 48.2 Å². The van der Waals surface area contributed by atoms with E-state index in [0.29, 0.717) is 12.1 Å². The van der Waals surface area contributed by atoms with Crippen LogP contribution in [0.15, 0.2) is 36.8 Å². The van der Waals surface area contributed by atoms with E-state index in [0.717, 1.165) is 43.3 Å². The second kappa shape index (κ2) is 5.65. The first-order valence-corrected chi connectivity index (χ1v) is 8.05. The molecule has 2 aromatic heterocycles. The smallest absolute Gasteiger partial charge is 0.132 e. The Morgan fingerprint density at radius 2 is 2.05 bits per heavy atom. The molecule has 0 N–H and O–H groups in total. The van der Waals surface area contributed by atoms with Crippen LogP contribution in [0.5, 0.6) is 0 Å². The topological polar surface area (TPSA) is 45.2 Å². The molecule has 2 bridgehead atoms. The van der Waals surface area contributed by atoms with E-state index in [1.165, 1.54) is 6.42 Å². The lowest BCUT2D eigenvalue weighted by Gasteiger charge is -2.34. The Morgan fingerprint density at radius 1 is 1.09 bits per heavy atom. The number of aryl methyl sites for hydroxylation is 1. The maximum absolute atomic E-state index is 4.48. The first-order valence-electron chi connectivity index (χ1n) is 8.05. The van der Waals surface area contributed by atoms with Crippen molar-refractivity contribution in [3.63, 3.8) is 0 Å². The molecule has 0 spiro atoms. The van der Waals surface area contributed by atoms with Crippen molar-refractivity contribution in [3.8, 4) is 0 Å². The number of hydrogen-bond acceptors (Lipinski definition) is 5. The Balaban J connectivity index is 1.45. The third kappa shape index (κ3) is 2.46. The van der Waals surface area contributed by atoms with E-state index in [-0.39, 0.29) is 0 Å². The van der Waals surface area contributed by atoms with Gasteiger partial charge in [0.1, 0.15) is 12.1 Å². The average molecular weight is 295 g/mol. The summed E-state index contributed by atoms with van der Waals surface area (Å²) >= 11 is 0. The highest BCUT2D eigenvalue weighted by Crippen LogP contribution is 2.34. The van der Waals surface area contributed by atoms with Crippen LogP contribution in [0.2, 0.25) is 0 Å². The molecule has 22 heavy (non-hydrogen) atoms. The summed E-state index contributed by atoms with van der Waals surface area (Å²) in [6.45, 7) is 5.26. The molecule has 0 radical (unpaired) electrons. The third-order valence-corrected chi connectivity index (χ3v) is 4.81. The van der Waals surface area contributed by atoms with E-state index in [1.54, 1.807) is 6.33 Å². The lowest BCUT2D eigenvalue weighted by Crippen LogP contribution is -2.46. The molecule has 0 saturated carbocycles. The summed E-state index contributed by atoms with van der Waals surface area (Å²) in [5, 5.41) is 0. The van der Waals surface area contributed by atoms with E-state index in [2.05, 4.69) is 49.9 Å². The van der Waals surface area contributed by atoms with E-state index in [4.69, 9.17) is 0 Å². The number of aromatic nitrogens is 3. The highest BCUT2D eigenvalue weighted by Gasteiger charge is 2.43. The van der Waals surface area contributed by atoms with Gasteiger partial charge in [0, 0.05) is 49.7 Å². The number of anilines is 1. The summed E-state index contributed by atoms with van der Waals surface area (Å²) in [5.41, 5.74) is 2.29. The van der Waals surface area contributed by atoms with Crippen LogP contribution in [0, 0.1) is 0 Å². The van der Waals surface area contributed by atoms with Crippen LogP contribution in [0.3, 0.4) is 0 Å². The highest BCUT2D eigenvalue weighted by molar-refractivity contribution is 5.44. The minimum absolute atomic E-state index is 0.577. The third-order valence-electron chi connectivity index (χ3n) is 4.81. The Morgan fingerprint density at radius 3 is 2.77 bits per heavy atom. The molecule has 2 unspecified atom stereocenters. The predicted octanol–water partition coefficient (Wildman–Crippen LogP) is 1.90. The van der Waals surface area contributed by atoms with Gasteiger partial charge < -0.3 is 4.90 Å². The zero-order valence-corrected chi connectivity index (χ0v) is 12.9. The first-order chi connectivity index (χ1) is 10.8. The standard InChI is InChI=1S/C17H21N5/c1-2-13-7-17(20-12-19-13)22-11-15-8-16(22)10-21(15)9-14-5-3-4-6-18-14/h3-7,12,15-16H,2,8-11H2,1H3. The van der Waals surface area contributed by atoms with Crippen LogP contribution in [0.1, 0.15) is 24.7 Å². The van der Waals surface area contributed by atoms with Crippen molar-refractivity contribution >= 4 is 5.82 Å². The van der Waals surface area contributed by atoms with Crippen LogP contribution >= 0.6 is 0 Å². The van der Waals surface area contributed by atoms with Crippen molar-refractivity contribution in [1.29, 1.82) is 0 Å². The van der Waals surface area contributed by atoms with Gasteiger partial charge in [0.15, 0.2) is 0 Å². The molecule has 0 aromatic carbocycles. The molecule has 0 amide bonds. The summed E-state index contributed by atoms with van der Waals surface area (Å²) in [6, 6.07) is 9.49. The summed E-state index contributed by atoms with van der Waals surface area (Å²) in [5.74, 6) is 1.09. The van der Waals surface area contributed by atoms with Gasteiger partial charge in [-0.05, 0) is 25.0 Å². The molecule has 2 aliphatic heterocycles. The minimum atomic E-state index is 0.577. The molecule has 2 fully saturated rings. The quantitative estimate of drug-likeness (QED) is 0.862. The number of hydrogen-bond donors (Lipinski definition) is 0. The summed E-state index contributed by atoms with van der Waals surface area (Å²) in [4.78, 5) is 18.3. The Bertz CT molecular complexity index is 645. The van der Waals surface area contributed by atoms with Crippen molar-refractivity contribution in [2.75, 3.05) is 18.0 Å². The number of piperazine rings is 1. The number of nitrogens with zero attached hydrogens (tertiary/aromatic N) is 5. The SMILES string of the molecule is CCc1cc(N2CC3CC2CN3Cc2ccccn2)ncn1. The molecule has 4 heterocycles. The summed E-state index contributed by atoms with van der Waals surface area (Å²) in [6.07, 6.45) is 5.77. The zero-order valence-electron chi connectivity index (χ0n) is 12.9. The highest BCUT2D eigenvalue weighted by atomic mass is 15.4. The fourth-order valence-corrected chi connectivity index (χ4v) is 3.66. The molecule has 114 valence electrons. The molecule has 0 aliphatic carbocycles. The molecule has 5 heteroatoms. The van der Waals surface area contributed by atoms with Crippen LogP contribution in [-0.4, -0.2) is 45.0 Å². The molecule has 2 saturated heterocycles. The van der Waals surface area contributed by atoms with Crippen LogP contribution < -0.4 is 4.90 Å². The molecular formula is C17H21N5. The van der Waals surface area contributed by atoms with Gasteiger partial charge in [-0.2, -0.15) is 0 Å². The van der Waals surface area contributed by atoms with Gasteiger partial charge in [-0.1, -0.05) is 13.0 Å². The van der Waals surface area contributed by atoms with Crippen molar-refractivity contribution in [2.45, 2.75) is 38.4 Å². The van der Waals surface area contributed by atoms with Crippen LogP contribution in [0.4, 0.5) is 5.82 Å². The second-order valence-corrected chi connectivity index (χ2v) is 6.17. The van der Waals surface area contributed by atoms with Gasteiger partial charge in [-0.25, -0.2) is 9.97 Å². The van der Waals surface area contributed by atoms with E-state index in [9.17, 15) is 0 Å². The van der Waals surface area contributed by atoms with Gasteiger partial charge in [0.2, 0.25) is 0 Å². The maximum Gasteiger partial charge on any atom is 0.132 e. The van der Waals surface area contributed by atoms with Crippen LogP contribution in [-0.2, 0) is 13.0 Å². The fourth-order valence-electron chi connectivity index (χ4n) is 3.66. The van der Waals surface area contributed by atoms with Gasteiger partial charge >= 0.3 is 0 Å². The summed E-state index contributed by atoms with van der Waals surface area (Å²) in [7, 11) is 0. The lowest BCUT2D eigenvalue weighted by molar-refractivity contribution is 0.227. The fraction of sp³-hybridized carbons (Fsp3) is 0.471. The van der Waals surface area contributed by atoms with Crippen molar-refractivity contribution in [1.82, 2.24) is 19.9 Å². The van der Waals surface area contributed by atoms with Gasteiger partial charge in [0.05, 0.1) is 5.69 Å². The maximum atomic E-state index is 4.48. The van der Waals surface area contributed by atoms with E-state index >= 15 is 0 Å². The zero-order chi connectivity index (χ0) is 14.9. The van der Waals surface area contributed by atoms with E-state index in [1.807, 2.05) is 12.3 Å². The van der Waals surface area contributed by atoms with Gasteiger partial charge in [0.25, 0.3) is 0 Å². The Kier molecular flexibility index (Phi) is 3.50. The van der Waals surface area contributed by atoms with E-state index < -0.39 is 0 Å². The molecule has 2 aromatic rings. The normalized spacial score (nSPS) is 24.1. The van der Waals surface area contributed by atoms with Gasteiger partial charge in [-0.3, -0.25) is 9.88 Å². The Hall–Kier alpha value is -2.01.